The van der Waals surface area contributed by atoms with E-state index in [9.17, 15) is 8.78 Å². The van der Waals surface area contributed by atoms with Crippen LogP contribution >= 0.6 is 0 Å². The summed E-state index contributed by atoms with van der Waals surface area (Å²) in [6.45, 7) is 2.22. The van der Waals surface area contributed by atoms with Crippen molar-refractivity contribution >= 4 is 5.69 Å². The lowest BCUT2D eigenvalue weighted by molar-refractivity contribution is 0.355. The van der Waals surface area contributed by atoms with Gasteiger partial charge < -0.3 is 14.8 Å². The number of ether oxygens (including phenoxy) is 2. The molecule has 0 spiro atoms. The molecule has 0 atom stereocenters. The zero-order valence-corrected chi connectivity index (χ0v) is 12.2. The van der Waals surface area contributed by atoms with Crippen LogP contribution in [0.3, 0.4) is 0 Å². The minimum absolute atomic E-state index is 0.311. The molecule has 0 amide bonds. The molecule has 0 saturated heterocycles. The summed E-state index contributed by atoms with van der Waals surface area (Å²) in [6.07, 6.45) is 0. The molecule has 5 heteroatoms. The maximum atomic E-state index is 13.1. The molecular weight excluding hydrogens is 276 g/mol. The van der Waals surface area contributed by atoms with Crippen LogP contribution < -0.4 is 14.8 Å². The predicted octanol–water partition coefficient (Wildman–Crippen LogP) is 3.90. The largest absolute Gasteiger partial charge is 0.493 e. The Labute approximate surface area is 122 Å². The molecule has 0 aliphatic rings. The number of hydrogen-bond acceptors (Lipinski definition) is 3. The quantitative estimate of drug-likeness (QED) is 0.907. The average Bonchev–Trinajstić information content (AvgIpc) is 2.44. The van der Waals surface area contributed by atoms with Gasteiger partial charge in [-0.1, -0.05) is 0 Å². The van der Waals surface area contributed by atoms with Crippen molar-refractivity contribution in [3.8, 4) is 11.5 Å². The molecule has 0 unspecified atom stereocenters. The molecular formula is C16H17F2NO2. The first-order valence-corrected chi connectivity index (χ1v) is 6.45. The third-order valence-corrected chi connectivity index (χ3v) is 3.14. The van der Waals surface area contributed by atoms with Crippen LogP contribution in [-0.2, 0) is 6.54 Å². The summed E-state index contributed by atoms with van der Waals surface area (Å²) >= 11 is 0. The average molecular weight is 293 g/mol. The molecule has 0 aromatic heterocycles. The van der Waals surface area contributed by atoms with Gasteiger partial charge in [0, 0.05) is 24.4 Å². The van der Waals surface area contributed by atoms with Crippen molar-refractivity contribution in [3.63, 3.8) is 0 Å². The van der Waals surface area contributed by atoms with E-state index in [4.69, 9.17) is 9.47 Å². The van der Waals surface area contributed by atoms with Crippen molar-refractivity contribution in [1.82, 2.24) is 0 Å². The molecule has 3 nitrogen and oxygen atoms in total. The molecule has 0 saturated carbocycles. The topological polar surface area (TPSA) is 30.5 Å². The molecule has 0 heterocycles. The maximum Gasteiger partial charge on any atom is 0.162 e. The minimum atomic E-state index is -0.587. The van der Waals surface area contributed by atoms with E-state index in [0.29, 0.717) is 23.6 Å². The summed E-state index contributed by atoms with van der Waals surface area (Å²) in [5.74, 6) is 0.0556. The van der Waals surface area contributed by atoms with Crippen LogP contribution in [0.5, 0.6) is 11.5 Å². The second-order valence-electron chi connectivity index (χ2n) is 4.65. The van der Waals surface area contributed by atoms with E-state index < -0.39 is 11.6 Å². The molecule has 1 N–H and O–H groups in total. The summed E-state index contributed by atoms with van der Waals surface area (Å²) in [5, 5.41) is 3.14. The number of aryl methyl sites for hydroxylation is 1. The molecule has 0 aliphatic heterocycles. The first-order chi connectivity index (χ1) is 10.0. The number of benzene rings is 2. The molecule has 2 aromatic carbocycles. The Bertz CT molecular complexity index is 624. The lowest BCUT2D eigenvalue weighted by atomic mass is 10.1. The van der Waals surface area contributed by atoms with Gasteiger partial charge in [0.1, 0.15) is 11.6 Å². The van der Waals surface area contributed by atoms with E-state index in [0.717, 1.165) is 17.3 Å². The standard InChI is InChI=1S/C16H17F2NO2/c1-10-4-15(20-2)16(21-3)8-14(10)19-9-11-5-12(17)7-13(18)6-11/h4-8,19H,9H2,1-3H3. The van der Waals surface area contributed by atoms with E-state index >= 15 is 0 Å². The number of rotatable bonds is 5. The van der Waals surface area contributed by atoms with Gasteiger partial charge in [-0.3, -0.25) is 0 Å². The predicted molar refractivity (Wildman–Crippen MR) is 78.0 cm³/mol. The Kier molecular flexibility index (Phi) is 4.62. The van der Waals surface area contributed by atoms with Crippen LogP contribution in [0.2, 0.25) is 0 Å². The van der Waals surface area contributed by atoms with Gasteiger partial charge in [0.25, 0.3) is 0 Å². The molecule has 2 rings (SSSR count). The van der Waals surface area contributed by atoms with Crippen molar-refractivity contribution in [2.45, 2.75) is 13.5 Å². The number of nitrogens with one attached hydrogen (secondary N) is 1. The molecule has 0 radical (unpaired) electrons. The van der Waals surface area contributed by atoms with Gasteiger partial charge in [-0.05, 0) is 36.2 Å². The van der Waals surface area contributed by atoms with Gasteiger partial charge in [-0.25, -0.2) is 8.78 Å². The molecule has 0 bridgehead atoms. The van der Waals surface area contributed by atoms with E-state index in [1.807, 2.05) is 13.0 Å². The monoisotopic (exact) mass is 293 g/mol. The van der Waals surface area contributed by atoms with Crippen LogP contribution in [0.15, 0.2) is 30.3 Å². The highest BCUT2D eigenvalue weighted by atomic mass is 19.1. The van der Waals surface area contributed by atoms with E-state index in [1.54, 1.807) is 20.3 Å². The number of anilines is 1. The van der Waals surface area contributed by atoms with Gasteiger partial charge in [0.05, 0.1) is 14.2 Å². The highest BCUT2D eigenvalue weighted by Gasteiger charge is 2.09. The molecule has 0 fully saturated rings. The molecule has 21 heavy (non-hydrogen) atoms. The fourth-order valence-electron chi connectivity index (χ4n) is 2.08. The van der Waals surface area contributed by atoms with Crippen molar-refractivity contribution in [2.75, 3.05) is 19.5 Å². The Balaban J connectivity index is 2.19. The van der Waals surface area contributed by atoms with Crippen LogP contribution in [0.4, 0.5) is 14.5 Å². The normalized spacial score (nSPS) is 10.3. The summed E-state index contributed by atoms with van der Waals surface area (Å²) in [7, 11) is 3.12. The smallest absolute Gasteiger partial charge is 0.162 e. The minimum Gasteiger partial charge on any atom is -0.493 e. The molecule has 2 aromatic rings. The first kappa shape index (κ1) is 15.1. The lowest BCUT2D eigenvalue weighted by Crippen LogP contribution is -2.03. The van der Waals surface area contributed by atoms with Gasteiger partial charge in [0.2, 0.25) is 0 Å². The summed E-state index contributed by atoms with van der Waals surface area (Å²) in [6, 6.07) is 7.08. The van der Waals surface area contributed by atoms with E-state index in [-0.39, 0.29) is 0 Å². The summed E-state index contributed by atoms with van der Waals surface area (Å²) in [5.41, 5.74) is 2.29. The first-order valence-electron chi connectivity index (χ1n) is 6.45. The summed E-state index contributed by atoms with van der Waals surface area (Å²) in [4.78, 5) is 0. The maximum absolute atomic E-state index is 13.1. The van der Waals surface area contributed by atoms with Crippen molar-refractivity contribution in [1.29, 1.82) is 0 Å². The Morgan fingerprint density at radius 3 is 2.05 bits per heavy atom. The van der Waals surface area contributed by atoms with E-state index in [2.05, 4.69) is 5.32 Å². The van der Waals surface area contributed by atoms with Crippen LogP contribution in [0.25, 0.3) is 0 Å². The second kappa shape index (κ2) is 6.43. The zero-order chi connectivity index (χ0) is 15.4. The fraction of sp³-hybridized carbons (Fsp3) is 0.250. The highest BCUT2D eigenvalue weighted by molar-refractivity contribution is 5.60. The van der Waals surface area contributed by atoms with Crippen LogP contribution in [0, 0.1) is 18.6 Å². The Hall–Kier alpha value is -2.30. The van der Waals surface area contributed by atoms with Gasteiger partial charge in [0.15, 0.2) is 11.5 Å². The van der Waals surface area contributed by atoms with Crippen LogP contribution in [0.1, 0.15) is 11.1 Å². The lowest BCUT2D eigenvalue weighted by Gasteiger charge is -2.14. The van der Waals surface area contributed by atoms with Gasteiger partial charge in [-0.2, -0.15) is 0 Å². The second-order valence-corrected chi connectivity index (χ2v) is 4.65. The third-order valence-electron chi connectivity index (χ3n) is 3.14. The summed E-state index contributed by atoms with van der Waals surface area (Å²) < 4.78 is 36.7. The highest BCUT2D eigenvalue weighted by Crippen LogP contribution is 2.33. The van der Waals surface area contributed by atoms with Gasteiger partial charge in [-0.15, -0.1) is 0 Å². The molecule has 112 valence electrons. The number of methoxy groups -OCH3 is 2. The van der Waals surface area contributed by atoms with Gasteiger partial charge >= 0.3 is 0 Å². The fourth-order valence-corrected chi connectivity index (χ4v) is 2.08. The third kappa shape index (κ3) is 3.62. The Morgan fingerprint density at radius 1 is 0.905 bits per heavy atom. The van der Waals surface area contributed by atoms with Crippen molar-refractivity contribution in [2.24, 2.45) is 0 Å². The Morgan fingerprint density at radius 2 is 1.48 bits per heavy atom. The SMILES string of the molecule is COc1cc(C)c(NCc2cc(F)cc(F)c2)cc1OC. The zero-order valence-electron chi connectivity index (χ0n) is 12.2. The van der Waals surface area contributed by atoms with Crippen LogP contribution in [-0.4, -0.2) is 14.2 Å². The van der Waals surface area contributed by atoms with E-state index in [1.165, 1.54) is 12.1 Å². The van der Waals surface area contributed by atoms with Crippen molar-refractivity contribution in [3.05, 3.63) is 53.1 Å². The number of hydrogen-bond donors (Lipinski definition) is 1. The van der Waals surface area contributed by atoms with Crippen molar-refractivity contribution < 1.29 is 18.3 Å². The molecule has 0 aliphatic carbocycles. The number of halogens is 2.